The highest BCUT2D eigenvalue weighted by molar-refractivity contribution is 7.98. The molecule has 0 aliphatic carbocycles. The van der Waals surface area contributed by atoms with Crippen LogP contribution in [0.4, 0.5) is 0 Å². The number of hydrogen-bond acceptors (Lipinski definition) is 5. The molecular formula is C13H10N2O2S2. The van der Waals surface area contributed by atoms with E-state index in [0.717, 1.165) is 15.3 Å². The van der Waals surface area contributed by atoms with E-state index in [1.54, 1.807) is 29.7 Å². The van der Waals surface area contributed by atoms with Gasteiger partial charge in [-0.3, -0.25) is 0 Å². The zero-order valence-corrected chi connectivity index (χ0v) is 11.5. The molecule has 0 saturated carbocycles. The number of hydrogen-bond donors (Lipinski definition) is 0. The Hall–Kier alpha value is -1.79. The Labute approximate surface area is 118 Å². The van der Waals surface area contributed by atoms with Crippen LogP contribution in [0.25, 0.3) is 10.8 Å². The Bertz CT molecular complexity index is 665. The van der Waals surface area contributed by atoms with Crippen molar-refractivity contribution < 1.29 is 9.15 Å². The fourth-order valence-electron chi connectivity index (χ4n) is 1.56. The lowest BCUT2D eigenvalue weighted by atomic mass is 10.5. The van der Waals surface area contributed by atoms with Gasteiger partial charge in [0, 0.05) is 17.9 Å². The molecule has 0 amide bonds. The van der Waals surface area contributed by atoms with Crippen molar-refractivity contribution in [3.05, 3.63) is 59.1 Å². The zero-order chi connectivity index (χ0) is 13.1. The van der Waals surface area contributed by atoms with E-state index in [-0.39, 0.29) is 0 Å². The molecule has 0 bridgehead atoms. The average Bonchev–Trinajstić information content (AvgIpc) is 3.09. The van der Waals surface area contributed by atoms with Gasteiger partial charge in [0.15, 0.2) is 6.20 Å². The number of nitrogens with zero attached hydrogens (tertiary/aromatic N) is 2. The molecule has 0 unspecified atom stereocenters. The predicted octanol–water partition coefficient (Wildman–Crippen LogP) is 3.33. The number of oxazole rings is 1. The summed E-state index contributed by atoms with van der Waals surface area (Å²) in [4.78, 5) is 5.42. The van der Waals surface area contributed by atoms with Crippen LogP contribution in [0.5, 0.6) is 0 Å². The first kappa shape index (κ1) is 12.3. The Kier molecular flexibility index (Phi) is 3.52. The molecule has 6 heteroatoms. The molecular weight excluding hydrogens is 280 g/mol. The molecule has 4 nitrogen and oxygen atoms in total. The summed E-state index contributed by atoms with van der Waals surface area (Å²) in [7, 11) is 0. The Balaban J connectivity index is 1.70. The molecule has 0 aromatic carbocycles. The largest absolute Gasteiger partial charge is 0.618 e. The Morgan fingerprint density at radius 3 is 3.05 bits per heavy atom. The SMILES string of the molecule is [O-][n+]1ccccc1SCc1coc(-c2cccs2)n1. The number of pyridine rings is 1. The van der Waals surface area contributed by atoms with Gasteiger partial charge in [-0.15, -0.1) is 11.3 Å². The van der Waals surface area contributed by atoms with Crippen LogP contribution in [0.15, 0.2) is 57.6 Å². The molecule has 0 spiro atoms. The van der Waals surface area contributed by atoms with Crippen molar-refractivity contribution in [2.45, 2.75) is 10.8 Å². The maximum atomic E-state index is 11.5. The van der Waals surface area contributed by atoms with Crippen LogP contribution in [0.3, 0.4) is 0 Å². The summed E-state index contributed by atoms with van der Waals surface area (Å²) < 4.78 is 6.28. The highest BCUT2D eigenvalue weighted by Crippen LogP contribution is 2.26. The molecule has 3 rings (SSSR count). The fraction of sp³-hybridized carbons (Fsp3) is 0.0769. The Morgan fingerprint density at radius 1 is 1.32 bits per heavy atom. The van der Waals surface area contributed by atoms with Gasteiger partial charge in [-0.05, 0) is 29.3 Å². The van der Waals surface area contributed by atoms with E-state index in [1.165, 1.54) is 18.0 Å². The minimum absolute atomic E-state index is 0.612. The molecule has 0 atom stereocenters. The van der Waals surface area contributed by atoms with Gasteiger partial charge < -0.3 is 9.62 Å². The van der Waals surface area contributed by atoms with Gasteiger partial charge >= 0.3 is 0 Å². The quantitative estimate of drug-likeness (QED) is 0.420. The summed E-state index contributed by atoms with van der Waals surface area (Å²) >= 11 is 3.03. The minimum Gasteiger partial charge on any atom is -0.618 e. The van der Waals surface area contributed by atoms with E-state index in [1.807, 2.05) is 23.6 Å². The van der Waals surface area contributed by atoms with Gasteiger partial charge in [-0.2, -0.15) is 4.73 Å². The highest BCUT2D eigenvalue weighted by atomic mass is 32.2. The molecule has 0 N–H and O–H groups in total. The van der Waals surface area contributed by atoms with Crippen LogP contribution in [0.1, 0.15) is 5.69 Å². The van der Waals surface area contributed by atoms with Crippen molar-refractivity contribution in [1.29, 1.82) is 0 Å². The fourth-order valence-corrected chi connectivity index (χ4v) is 3.01. The standard InChI is InChI=1S/C13H10N2O2S2/c16-15-6-2-1-5-12(15)19-9-10-8-17-13(14-10)11-4-3-7-18-11/h1-8H,9H2. The normalized spacial score (nSPS) is 10.7. The van der Waals surface area contributed by atoms with Gasteiger partial charge in [0.25, 0.3) is 5.03 Å². The maximum absolute atomic E-state index is 11.5. The van der Waals surface area contributed by atoms with Crippen LogP contribution in [-0.2, 0) is 5.75 Å². The van der Waals surface area contributed by atoms with Crippen molar-refractivity contribution in [3.8, 4) is 10.8 Å². The van der Waals surface area contributed by atoms with Gasteiger partial charge in [-0.1, -0.05) is 6.07 Å². The number of rotatable bonds is 4. The second-order valence-corrected chi connectivity index (χ2v) is 5.72. The number of thioether (sulfide) groups is 1. The summed E-state index contributed by atoms with van der Waals surface area (Å²) in [5.41, 5.74) is 0.831. The summed E-state index contributed by atoms with van der Waals surface area (Å²) in [6.07, 6.45) is 3.13. The third-order valence-corrected chi connectivity index (χ3v) is 4.35. The lowest BCUT2D eigenvalue weighted by molar-refractivity contribution is -0.645. The van der Waals surface area contributed by atoms with E-state index in [4.69, 9.17) is 4.42 Å². The van der Waals surface area contributed by atoms with E-state index in [9.17, 15) is 5.21 Å². The number of aromatic nitrogens is 2. The van der Waals surface area contributed by atoms with Crippen molar-refractivity contribution >= 4 is 23.1 Å². The average molecular weight is 290 g/mol. The molecule has 3 heterocycles. The topological polar surface area (TPSA) is 53.0 Å². The first-order valence-corrected chi connectivity index (χ1v) is 7.49. The number of thiophene rings is 1. The molecule has 0 radical (unpaired) electrons. The summed E-state index contributed by atoms with van der Waals surface area (Å²) in [5.74, 6) is 1.25. The van der Waals surface area contributed by atoms with Crippen molar-refractivity contribution in [3.63, 3.8) is 0 Å². The van der Waals surface area contributed by atoms with Gasteiger partial charge in [0.1, 0.15) is 6.26 Å². The van der Waals surface area contributed by atoms with E-state index < -0.39 is 0 Å². The molecule has 3 aromatic heterocycles. The van der Waals surface area contributed by atoms with Crippen LogP contribution in [0.2, 0.25) is 0 Å². The summed E-state index contributed by atoms with van der Waals surface area (Å²) in [6, 6.07) is 9.27. The second-order valence-electron chi connectivity index (χ2n) is 3.77. The third kappa shape index (κ3) is 2.80. The lowest BCUT2D eigenvalue weighted by Crippen LogP contribution is -2.27. The van der Waals surface area contributed by atoms with Crippen LogP contribution >= 0.6 is 23.1 Å². The van der Waals surface area contributed by atoms with Crippen LogP contribution in [-0.4, -0.2) is 4.98 Å². The summed E-state index contributed by atoms with van der Waals surface area (Å²) in [6.45, 7) is 0. The van der Waals surface area contributed by atoms with Gasteiger partial charge in [-0.25, -0.2) is 4.98 Å². The molecule has 0 aliphatic heterocycles. The first-order valence-electron chi connectivity index (χ1n) is 5.62. The monoisotopic (exact) mass is 290 g/mol. The third-order valence-electron chi connectivity index (χ3n) is 2.44. The van der Waals surface area contributed by atoms with E-state index in [0.29, 0.717) is 16.7 Å². The van der Waals surface area contributed by atoms with Crippen LogP contribution < -0.4 is 4.73 Å². The molecule has 96 valence electrons. The van der Waals surface area contributed by atoms with Gasteiger partial charge in [0.2, 0.25) is 5.89 Å². The van der Waals surface area contributed by atoms with Crippen molar-refractivity contribution in [2.24, 2.45) is 0 Å². The molecule has 3 aromatic rings. The summed E-state index contributed by atoms with van der Waals surface area (Å²) in [5, 5.41) is 14.1. The predicted molar refractivity (Wildman–Crippen MR) is 74.8 cm³/mol. The van der Waals surface area contributed by atoms with E-state index in [2.05, 4.69) is 4.98 Å². The van der Waals surface area contributed by atoms with E-state index >= 15 is 0 Å². The van der Waals surface area contributed by atoms with Crippen molar-refractivity contribution in [1.82, 2.24) is 4.98 Å². The first-order chi connectivity index (χ1) is 9.33. The van der Waals surface area contributed by atoms with Crippen molar-refractivity contribution in [2.75, 3.05) is 0 Å². The zero-order valence-electron chi connectivity index (χ0n) is 9.85. The molecule has 0 saturated heterocycles. The molecule has 0 fully saturated rings. The highest BCUT2D eigenvalue weighted by Gasteiger charge is 2.10. The van der Waals surface area contributed by atoms with Crippen LogP contribution in [0, 0.1) is 5.21 Å². The smallest absolute Gasteiger partial charge is 0.251 e. The second kappa shape index (κ2) is 5.46. The Morgan fingerprint density at radius 2 is 2.26 bits per heavy atom. The minimum atomic E-state index is 0.612. The molecule has 19 heavy (non-hydrogen) atoms. The van der Waals surface area contributed by atoms with Gasteiger partial charge in [0.05, 0.1) is 10.6 Å². The lowest BCUT2D eigenvalue weighted by Gasteiger charge is -2.00. The maximum Gasteiger partial charge on any atom is 0.251 e. The molecule has 0 aliphatic rings.